The Morgan fingerprint density at radius 3 is 2.42 bits per heavy atom. The van der Waals surface area contributed by atoms with Crippen molar-refractivity contribution in [1.82, 2.24) is 4.90 Å². The van der Waals surface area contributed by atoms with Crippen LogP contribution in [0.3, 0.4) is 0 Å². The molecule has 0 unspecified atom stereocenters. The Hall–Kier alpha value is -1.47. The van der Waals surface area contributed by atoms with Crippen molar-refractivity contribution in [2.24, 2.45) is 22.2 Å². The zero-order chi connectivity index (χ0) is 23.8. The van der Waals surface area contributed by atoms with Gasteiger partial charge in [-0.25, -0.2) is 0 Å². The molecule has 33 heavy (non-hydrogen) atoms. The first-order valence-electron chi connectivity index (χ1n) is 12.2. The molecule has 0 spiro atoms. The van der Waals surface area contributed by atoms with Gasteiger partial charge in [0.25, 0.3) is 0 Å². The van der Waals surface area contributed by atoms with Gasteiger partial charge in [-0.1, -0.05) is 20.8 Å². The number of halogens is 3. The third kappa shape index (κ3) is 3.93. The van der Waals surface area contributed by atoms with Gasteiger partial charge in [0.1, 0.15) is 0 Å². The van der Waals surface area contributed by atoms with Crippen LogP contribution in [0, 0.1) is 22.2 Å². The number of aliphatic hydroxyl groups is 1. The maximum Gasteiger partial charge on any atom is 0.394 e. The van der Waals surface area contributed by atoms with E-state index in [2.05, 4.69) is 25.7 Å². The number of rotatable bonds is 5. The van der Waals surface area contributed by atoms with E-state index in [1.807, 2.05) is 12.1 Å². The first-order chi connectivity index (χ1) is 15.3. The Kier molecular flexibility index (Phi) is 5.30. The topological polar surface area (TPSA) is 41.9 Å². The normalized spacial score (nSPS) is 35.7. The number of methoxy groups -OCH3 is 1. The molecule has 4 nitrogen and oxygen atoms in total. The largest absolute Gasteiger partial charge is 0.493 e. The number of alkyl halides is 3. The second kappa shape index (κ2) is 7.51. The van der Waals surface area contributed by atoms with Crippen LogP contribution in [0.1, 0.15) is 70.0 Å². The number of hydrogen-bond acceptors (Lipinski definition) is 4. The number of piperidine rings is 1. The lowest BCUT2D eigenvalue weighted by molar-refractivity contribution is -0.367. The van der Waals surface area contributed by atoms with Gasteiger partial charge in [0.2, 0.25) is 0 Å². The summed E-state index contributed by atoms with van der Waals surface area (Å²) in [5.41, 5.74) is 0.773. The van der Waals surface area contributed by atoms with E-state index in [4.69, 9.17) is 9.47 Å². The Labute approximate surface area is 194 Å². The molecular weight excluding hydrogens is 431 g/mol. The molecule has 7 heteroatoms. The molecule has 5 aliphatic rings. The van der Waals surface area contributed by atoms with E-state index in [0.29, 0.717) is 24.5 Å². The lowest BCUT2D eigenvalue weighted by Crippen LogP contribution is -2.69. The molecule has 1 aromatic rings. The van der Waals surface area contributed by atoms with Crippen LogP contribution in [0.25, 0.3) is 0 Å². The van der Waals surface area contributed by atoms with Crippen LogP contribution >= 0.6 is 0 Å². The van der Waals surface area contributed by atoms with Gasteiger partial charge in [0.15, 0.2) is 11.5 Å². The van der Waals surface area contributed by atoms with Gasteiger partial charge in [-0.2, -0.15) is 13.2 Å². The van der Waals surface area contributed by atoms with Gasteiger partial charge in [0.05, 0.1) is 25.2 Å². The SMILES string of the molecule is COc1cc2c(cc1OCC13CC(C(F)(F)F)(C1)C3)CCN1C[C@@H](CC(C)(C)C)[C@H](O)C[C@H]21. The van der Waals surface area contributed by atoms with Crippen molar-refractivity contribution in [2.45, 2.75) is 77.6 Å². The summed E-state index contributed by atoms with van der Waals surface area (Å²) in [6.45, 7) is 8.81. The summed E-state index contributed by atoms with van der Waals surface area (Å²) in [5.74, 6) is 1.52. The Morgan fingerprint density at radius 2 is 1.82 bits per heavy atom. The van der Waals surface area contributed by atoms with Crippen LogP contribution in [-0.2, 0) is 6.42 Å². The van der Waals surface area contributed by atoms with Crippen molar-refractivity contribution >= 4 is 0 Å². The van der Waals surface area contributed by atoms with E-state index in [1.54, 1.807) is 7.11 Å². The molecule has 0 amide bonds. The molecule has 3 saturated carbocycles. The van der Waals surface area contributed by atoms with Gasteiger partial charge < -0.3 is 14.6 Å². The molecule has 6 rings (SSSR count). The van der Waals surface area contributed by atoms with Crippen LogP contribution in [-0.4, -0.2) is 49.1 Å². The maximum atomic E-state index is 13.1. The molecular formula is C26H36F3NO3. The average Bonchev–Trinajstić information content (AvgIpc) is 2.63. The summed E-state index contributed by atoms with van der Waals surface area (Å²) in [7, 11) is 1.60. The number of nitrogens with zero attached hydrogens (tertiary/aromatic N) is 1. The third-order valence-corrected chi connectivity index (χ3v) is 8.52. The zero-order valence-corrected chi connectivity index (χ0v) is 20.1. The fourth-order valence-corrected chi connectivity index (χ4v) is 7.04. The Balaban J connectivity index is 1.28. The van der Waals surface area contributed by atoms with Gasteiger partial charge in [-0.15, -0.1) is 0 Å². The maximum absolute atomic E-state index is 13.1. The summed E-state index contributed by atoms with van der Waals surface area (Å²) >= 11 is 0. The number of benzene rings is 1. The van der Waals surface area contributed by atoms with E-state index >= 15 is 0 Å². The van der Waals surface area contributed by atoms with Gasteiger partial charge >= 0.3 is 6.18 Å². The van der Waals surface area contributed by atoms with Crippen LogP contribution in [0.4, 0.5) is 13.2 Å². The lowest BCUT2D eigenvalue weighted by atomic mass is 9.35. The van der Waals surface area contributed by atoms with Crippen molar-refractivity contribution in [3.05, 3.63) is 23.3 Å². The van der Waals surface area contributed by atoms with Crippen LogP contribution in [0.15, 0.2) is 12.1 Å². The van der Waals surface area contributed by atoms with Crippen molar-refractivity contribution < 1.29 is 27.8 Å². The van der Waals surface area contributed by atoms with Crippen molar-refractivity contribution in [3.8, 4) is 11.5 Å². The molecule has 1 aromatic carbocycles. The molecule has 1 saturated heterocycles. The first-order valence-corrected chi connectivity index (χ1v) is 12.2. The van der Waals surface area contributed by atoms with E-state index in [9.17, 15) is 18.3 Å². The van der Waals surface area contributed by atoms with Crippen molar-refractivity contribution in [1.29, 1.82) is 0 Å². The molecule has 2 heterocycles. The fourth-order valence-electron chi connectivity index (χ4n) is 7.04. The summed E-state index contributed by atoms with van der Waals surface area (Å²) in [6.07, 6.45) is -1.28. The van der Waals surface area contributed by atoms with Crippen LogP contribution in [0.2, 0.25) is 0 Å². The number of fused-ring (bicyclic) bond motifs is 3. The van der Waals surface area contributed by atoms with Gasteiger partial charge in [-0.3, -0.25) is 4.90 Å². The molecule has 0 radical (unpaired) electrons. The Bertz CT molecular complexity index is 903. The van der Waals surface area contributed by atoms with E-state index < -0.39 is 11.6 Å². The first kappa shape index (κ1) is 23.3. The summed E-state index contributed by atoms with van der Waals surface area (Å²) in [4.78, 5) is 2.49. The Morgan fingerprint density at radius 1 is 1.12 bits per heavy atom. The third-order valence-electron chi connectivity index (χ3n) is 8.52. The second-order valence-electron chi connectivity index (χ2n) is 12.4. The minimum Gasteiger partial charge on any atom is -0.493 e. The van der Waals surface area contributed by atoms with Crippen LogP contribution < -0.4 is 9.47 Å². The highest BCUT2D eigenvalue weighted by atomic mass is 19.4. The predicted octanol–water partition coefficient (Wildman–Crippen LogP) is 5.52. The highest BCUT2D eigenvalue weighted by molar-refractivity contribution is 5.50. The molecule has 3 aliphatic carbocycles. The predicted molar refractivity (Wildman–Crippen MR) is 119 cm³/mol. The molecule has 184 valence electrons. The van der Waals surface area contributed by atoms with Crippen molar-refractivity contribution in [2.75, 3.05) is 26.8 Å². The lowest BCUT2D eigenvalue weighted by Gasteiger charge is -2.70. The standard InChI is InChI=1S/C26H36F3NO3/c1-23(2,3)10-17-11-30-6-5-16-7-22(21(32-4)8-18(16)19(30)9-20(17)31)33-15-24-12-25(13-24,14-24)26(27,28)29/h7-8,17,19-20,31H,5-6,9-15H2,1-4H3/t17-,19-,20-,24?,25?/m1/s1. The minimum absolute atomic E-state index is 0.159. The second-order valence-corrected chi connectivity index (χ2v) is 12.4. The van der Waals surface area contributed by atoms with E-state index in [1.165, 1.54) is 11.1 Å². The number of aliphatic hydroxyl groups excluding tert-OH is 1. The molecule has 2 bridgehead atoms. The quantitative estimate of drug-likeness (QED) is 0.619. The van der Waals surface area contributed by atoms with Gasteiger partial charge in [0, 0.05) is 24.5 Å². The molecule has 4 fully saturated rings. The zero-order valence-electron chi connectivity index (χ0n) is 20.1. The fraction of sp³-hybridized carbons (Fsp3) is 0.769. The van der Waals surface area contributed by atoms with E-state index in [0.717, 1.165) is 25.9 Å². The summed E-state index contributed by atoms with van der Waals surface area (Å²) < 4.78 is 51.1. The number of ether oxygens (including phenoxy) is 2. The van der Waals surface area contributed by atoms with Crippen LogP contribution in [0.5, 0.6) is 11.5 Å². The highest BCUT2D eigenvalue weighted by Gasteiger charge is 2.78. The molecule has 0 aromatic heterocycles. The smallest absolute Gasteiger partial charge is 0.394 e. The average molecular weight is 468 g/mol. The van der Waals surface area contributed by atoms with Gasteiger partial charge in [-0.05, 0) is 73.1 Å². The molecule has 1 N–H and O–H groups in total. The summed E-state index contributed by atoms with van der Waals surface area (Å²) in [6, 6.07) is 4.20. The minimum atomic E-state index is -4.10. The number of hydrogen-bond donors (Lipinski definition) is 1. The van der Waals surface area contributed by atoms with Crippen molar-refractivity contribution in [3.63, 3.8) is 0 Å². The monoisotopic (exact) mass is 467 g/mol. The highest BCUT2D eigenvalue weighted by Crippen LogP contribution is 2.78. The molecule has 3 atom stereocenters. The van der Waals surface area contributed by atoms with E-state index in [-0.39, 0.29) is 48.2 Å². The molecule has 2 aliphatic heterocycles. The summed E-state index contributed by atoms with van der Waals surface area (Å²) in [5, 5.41) is 10.9.